The van der Waals surface area contributed by atoms with Gasteiger partial charge in [0.2, 0.25) is 0 Å². The molecule has 0 spiro atoms. The first kappa shape index (κ1) is 31.2. The van der Waals surface area contributed by atoms with Crippen LogP contribution in [0, 0.1) is 0 Å². The minimum absolute atomic E-state index is 0.881. The zero-order valence-electron chi connectivity index (χ0n) is 29.8. The highest BCUT2D eigenvalue weighted by atomic mass is 16.3. The summed E-state index contributed by atoms with van der Waals surface area (Å²) in [5.41, 5.74) is 13.7. The minimum Gasteiger partial charge on any atom is -0.456 e. The second-order valence-electron chi connectivity index (χ2n) is 14.1. The summed E-state index contributed by atoms with van der Waals surface area (Å²) in [7, 11) is 0. The zero-order valence-corrected chi connectivity index (χ0v) is 29.8. The monoisotopic (exact) mass is 703 g/mol. The molecule has 0 amide bonds. The zero-order chi connectivity index (χ0) is 36.3. The standard InChI is InChI=1S/C52H33NO2/c1-2-11-37-32-38(21-20-34(37)10-1)35-22-27-40(28-23-35)53(41-29-24-36(25-30-41)39-26-31-50-46(33-39)43-13-4-7-17-48(43)54-50)47-16-6-3-12-42(47)44-15-9-19-51-52(44)45-14-5-8-18-49(45)55-51/h1-33H. The van der Waals surface area contributed by atoms with Crippen LogP contribution in [0.15, 0.2) is 209 Å². The molecule has 0 N–H and O–H groups in total. The van der Waals surface area contributed by atoms with Gasteiger partial charge in [0.15, 0.2) is 0 Å². The summed E-state index contributed by atoms with van der Waals surface area (Å²) in [4.78, 5) is 2.37. The van der Waals surface area contributed by atoms with Crippen LogP contribution in [0.3, 0.4) is 0 Å². The summed E-state index contributed by atoms with van der Waals surface area (Å²) in [6, 6.07) is 71.1. The largest absolute Gasteiger partial charge is 0.456 e. The summed E-state index contributed by atoms with van der Waals surface area (Å²) in [6.07, 6.45) is 0. The first-order chi connectivity index (χ1) is 27.2. The van der Waals surface area contributed by atoms with Crippen LogP contribution in [0.25, 0.3) is 88.0 Å². The molecule has 2 heterocycles. The van der Waals surface area contributed by atoms with Crippen LogP contribution in [-0.4, -0.2) is 0 Å². The number of para-hydroxylation sites is 3. The normalized spacial score (nSPS) is 11.6. The van der Waals surface area contributed by atoms with Gasteiger partial charge in [-0.2, -0.15) is 0 Å². The summed E-state index contributed by atoms with van der Waals surface area (Å²) >= 11 is 0. The molecule has 3 nitrogen and oxygen atoms in total. The molecule has 3 heteroatoms. The van der Waals surface area contributed by atoms with Gasteiger partial charge in [-0.3, -0.25) is 0 Å². The Bertz CT molecular complexity index is 3200. The highest BCUT2D eigenvalue weighted by molar-refractivity contribution is 6.14. The smallest absolute Gasteiger partial charge is 0.136 e. The average molecular weight is 704 g/mol. The number of fused-ring (bicyclic) bond motifs is 7. The van der Waals surface area contributed by atoms with E-state index in [0.717, 1.165) is 83.2 Å². The van der Waals surface area contributed by atoms with E-state index in [1.165, 1.54) is 21.9 Å². The Morgan fingerprint density at radius 3 is 1.62 bits per heavy atom. The van der Waals surface area contributed by atoms with Crippen LogP contribution in [-0.2, 0) is 0 Å². The summed E-state index contributed by atoms with van der Waals surface area (Å²) in [5.74, 6) is 0. The van der Waals surface area contributed by atoms with Crippen molar-refractivity contribution in [1.82, 2.24) is 0 Å². The van der Waals surface area contributed by atoms with E-state index < -0.39 is 0 Å². The predicted molar refractivity (Wildman–Crippen MR) is 229 cm³/mol. The molecule has 0 bridgehead atoms. The number of rotatable bonds is 6. The highest BCUT2D eigenvalue weighted by Gasteiger charge is 2.20. The highest BCUT2D eigenvalue weighted by Crippen LogP contribution is 2.45. The van der Waals surface area contributed by atoms with Crippen molar-refractivity contribution in [3.63, 3.8) is 0 Å². The van der Waals surface area contributed by atoms with E-state index in [1.54, 1.807) is 0 Å². The topological polar surface area (TPSA) is 29.5 Å². The predicted octanol–water partition coefficient (Wildman–Crippen LogP) is 15.1. The fraction of sp³-hybridized carbons (Fsp3) is 0. The van der Waals surface area contributed by atoms with Gasteiger partial charge in [0.05, 0.1) is 5.69 Å². The van der Waals surface area contributed by atoms with Crippen LogP contribution < -0.4 is 4.90 Å². The van der Waals surface area contributed by atoms with Crippen LogP contribution >= 0.6 is 0 Å². The Morgan fingerprint density at radius 1 is 0.309 bits per heavy atom. The van der Waals surface area contributed by atoms with Gasteiger partial charge < -0.3 is 13.7 Å². The number of hydrogen-bond donors (Lipinski definition) is 0. The lowest BCUT2D eigenvalue weighted by Crippen LogP contribution is -2.11. The van der Waals surface area contributed by atoms with Crippen molar-refractivity contribution >= 4 is 71.7 Å². The van der Waals surface area contributed by atoms with E-state index in [0.29, 0.717) is 0 Å². The molecule has 0 fully saturated rings. The van der Waals surface area contributed by atoms with Crippen molar-refractivity contribution < 1.29 is 8.83 Å². The quantitative estimate of drug-likeness (QED) is 0.173. The van der Waals surface area contributed by atoms with E-state index in [1.807, 2.05) is 24.3 Å². The maximum atomic E-state index is 6.35. The van der Waals surface area contributed by atoms with E-state index in [-0.39, 0.29) is 0 Å². The number of benzene rings is 9. The molecule has 258 valence electrons. The van der Waals surface area contributed by atoms with Crippen LogP contribution in [0.2, 0.25) is 0 Å². The maximum absolute atomic E-state index is 6.35. The first-order valence-corrected chi connectivity index (χ1v) is 18.7. The number of nitrogens with zero attached hydrogens (tertiary/aromatic N) is 1. The SMILES string of the molecule is c1ccc(N(c2ccc(-c3ccc4ccccc4c3)cc2)c2ccc(-c3ccc4oc5ccccc5c4c3)cc2)c(-c2cccc3oc4ccccc4c23)c1. The minimum atomic E-state index is 0.881. The van der Waals surface area contributed by atoms with Crippen molar-refractivity contribution in [2.75, 3.05) is 4.90 Å². The van der Waals surface area contributed by atoms with Crippen LogP contribution in [0.1, 0.15) is 0 Å². The van der Waals surface area contributed by atoms with Gasteiger partial charge in [-0.15, -0.1) is 0 Å². The summed E-state index contributed by atoms with van der Waals surface area (Å²) in [5, 5.41) is 6.97. The van der Waals surface area contributed by atoms with Crippen LogP contribution in [0.4, 0.5) is 17.1 Å². The van der Waals surface area contributed by atoms with Crippen molar-refractivity contribution in [2.45, 2.75) is 0 Å². The van der Waals surface area contributed by atoms with Crippen molar-refractivity contribution in [3.8, 4) is 33.4 Å². The molecule has 11 rings (SSSR count). The van der Waals surface area contributed by atoms with Crippen LogP contribution in [0.5, 0.6) is 0 Å². The Hall–Kier alpha value is -7.36. The van der Waals surface area contributed by atoms with E-state index in [9.17, 15) is 0 Å². The number of furan rings is 2. The third-order valence-electron chi connectivity index (χ3n) is 10.9. The Balaban J connectivity index is 1.05. The molecular formula is C52H33NO2. The number of anilines is 3. The second kappa shape index (κ2) is 12.6. The van der Waals surface area contributed by atoms with Gasteiger partial charge in [-0.25, -0.2) is 0 Å². The summed E-state index contributed by atoms with van der Waals surface area (Å²) < 4.78 is 12.5. The molecule has 0 aliphatic rings. The van der Waals surface area contributed by atoms with Crippen molar-refractivity contribution in [3.05, 3.63) is 200 Å². The van der Waals surface area contributed by atoms with Gasteiger partial charge >= 0.3 is 0 Å². The maximum Gasteiger partial charge on any atom is 0.136 e. The van der Waals surface area contributed by atoms with E-state index in [4.69, 9.17) is 8.83 Å². The lowest BCUT2D eigenvalue weighted by molar-refractivity contribution is 0.668. The van der Waals surface area contributed by atoms with Gasteiger partial charge in [0.25, 0.3) is 0 Å². The molecule has 0 saturated heterocycles. The molecule has 0 atom stereocenters. The van der Waals surface area contributed by atoms with Gasteiger partial charge in [-0.05, 0) is 105 Å². The number of hydrogen-bond acceptors (Lipinski definition) is 3. The van der Waals surface area contributed by atoms with E-state index in [2.05, 4.69) is 181 Å². The molecule has 0 unspecified atom stereocenters. The molecule has 0 aliphatic carbocycles. The lowest BCUT2D eigenvalue weighted by Gasteiger charge is -2.28. The van der Waals surface area contributed by atoms with Crippen molar-refractivity contribution in [2.24, 2.45) is 0 Å². The average Bonchev–Trinajstić information content (AvgIpc) is 3.83. The fourth-order valence-electron chi connectivity index (χ4n) is 8.20. The van der Waals surface area contributed by atoms with Crippen molar-refractivity contribution in [1.29, 1.82) is 0 Å². The molecule has 0 saturated carbocycles. The van der Waals surface area contributed by atoms with E-state index >= 15 is 0 Å². The molecule has 2 aromatic heterocycles. The fourth-order valence-corrected chi connectivity index (χ4v) is 8.20. The Kier molecular flexibility index (Phi) is 7.17. The lowest BCUT2D eigenvalue weighted by atomic mass is 9.96. The molecular weight excluding hydrogens is 671 g/mol. The molecule has 0 radical (unpaired) electrons. The van der Waals surface area contributed by atoms with Gasteiger partial charge in [-0.1, -0.05) is 133 Å². The molecule has 0 aliphatic heterocycles. The third kappa shape index (κ3) is 5.28. The second-order valence-corrected chi connectivity index (χ2v) is 14.1. The molecule has 11 aromatic rings. The van der Waals surface area contributed by atoms with Gasteiger partial charge in [0, 0.05) is 38.5 Å². The third-order valence-corrected chi connectivity index (χ3v) is 10.9. The van der Waals surface area contributed by atoms with Gasteiger partial charge in [0.1, 0.15) is 22.3 Å². The Morgan fingerprint density at radius 2 is 0.836 bits per heavy atom. The summed E-state index contributed by atoms with van der Waals surface area (Å²) in [6.45, 7) is 0. The Labute approximate surface area is 317 Å². The first-order valence-electron chi connectivity index (χ1n) is 18.7. The molecule has 55 heavy (non-hydrogen) atoms. The molecule has 9 aromatic carbocycles.